The van der Waals surface area contributed by atoms with Crippen LogP contribution >= 0.6 is 0 Å². The van der Waals surface area contributed by atoms with Gasteiger partial charge < -0.3 is 23.2 Å². The molecule has 0 unspecified atom stereocenters. The number of esters is 2. The van der Waals surface area contributed by atoms with Crippen LogP contribution in [-0.4, -0.2) is 62.3 Å². The third-order valence-electron chi connectivity index (χ3n) is 6.81. The van der Waals surface area contributed by atoms with Crippen LogP contribution in [0.5, 0.6) is 0 Å². The monoisotopic (exact) mass is 575 g/mol. The highest BCUT2D eigenvalue weighted by Gasteiger charge is 2.58. The Balaban J connectivity index is 1.82. The van der Waals surface area contributed by atoms with E-state index in [1.807, 2.05) is 112 Å². The molecule has 9 heteroatoms. The number of hydrogen-bond acceptors (Lipinski definition) is 7. The van der Waals surface area contributed by atoms with Crippen molar-refractivity contribution in [2.24, 2.45) is 0 Å². The molecule has 8 nitrogen and oxygen atoms in total. The van der Waals surface area contributed by atoms with Gasteiger partial charge in [-0.1, -0.05) is 91.0 Å². The van der Waals surface area contributed by atoms with Crippen LogP contribution in [0.2, 0.25) is 0 Å². The minimum Gasteiger partial charge on any atom is -0.467 e. The van der Waals surface area contributed by atoms with Crippen LogP contribution in [-0.2, 0) is 32.7 Å². The van der Waals surface area contributed by atoms with E-state index in [2.05, 4.69) is 0 Å². The minimum absolute atomic E-state index is 0.497. The molecule has 1 fully saturated rings. The molecule has 1 heterocycles. The molecule has 0 spiro atoms. The molecule has 0 bridgehead atoms. The molecule has 0 aromatic heterocycles. The van der Waals surface area contributed by atoms with Gasteiger partial charge in [0.2, 0.25) is 6.10 Å². The van der Waals surface area contributed by atoms with Gasteiger partial charge in [0.25, 0.3) is 5.91 Å². The van der Waals surface area contributed by atoms with Crippen LogP contribution in [0.15, 0.2) is 91.0 Å². The topological polar surface area (TPSA) is 91.4 Å². The first kappa shape index (κ1) is 30.2. The number of likely N-dealkylation sites (tertiary alicyclic amines) is 1. The Morgan fingerprint density at radius 1 is 0.854 bits per heavy atom. The number of amides is 1. The lowest BCUT2D eigenvalue weighted by molar-refractivity contribution is -0.195. The molecule has 3 aromatic carbocycles. The molecule has 1 aliphatic heterocycles. The molecule has 216 valence electrons. The first-order valence-corrected chi connectivity index (χ1v) is 15.4. The average molecular weight is 576 g/mol. The van der Waals surface area contributed by atoms with Crippen LogP contribution < -0.4 is 10.4 Å². The van der Waals surface area contributed by atoms with Crippen LogP contribution in [0, 0.1) is 0 Å². The summed E-state index contributed by atoms with van der Waals surface area (Å²) in [6, 6.07) is 26.7. The summed E-state index contributed by atoms with van der Waals surface area (Å²) >= 11 is 0. The van der Waals surface area contributed by atoms with E-state index in [4.69, 9.17) is 18.3 Å². The molecule has 1 saturated heterocycles. The van der Waals surface area contributed by atoms with Crippen LogP contribution in [0.1, 0.15) is 46.2 Å². The fourth-order valence-corrected chi connectivity index (χ4v) is 8.91. The summed E-state index contributed by atoms with van der Waals surface area (Å²) < 4.78 is 24.5. The smallest absolute Gasteiger partial charge is 0.407 e. The predicted octanol–water partition coefficient (Wildman–Crippen LogP) is 3.52. The van der Waals surface area contributed by atoms with Gasteiger partial charge in [0.15, 0.2) is 6.04 Å². The number of carbonyl (C=O) groups is 3. The van der Waals surface area contributed by atoms with Crippen molar-refractivity contribution in [3.8, 4) is 0 Å². The molecule has 4 rings (SSSR count). The maximum absolute atomic E-state index is 13.5. The molecular formula is C32H37NO7Si. The van der Waals surface area contributed by atoms with E-state index in [1.165, 1.54) is 18.9 Å². The van der Waals surface area contributed by atoms with Crippen LogP contribution in [0.4, 0.5) is 0 Å². The fourth-order valence-electron chi connectivity index (χ4n) is 5.24. The van der Waals surface area contributed by atoms with Gasteiger partial charge in [-0.15, -0.1) is 0 Å². The van der Waals surface area contributed by atoms with Crippen LogP contribution in [0.3, 0.4) is 0 Å². The summed E-state index contributed by atoms with van der Waals surface area (Å²) in [4.78, 5) is 40.3. The first-order valence-electron chi connectivity index (χ1n) is 13.6. The highest BCUT2D eigenvalue weighted by atomic mass is 28.4. The van der Waals surface area contributed by atoms with Crippen molar-refractivity contribution >= 4 is 36.8 Å². The Hall–Kier alpha value is -3.79. The van der Waals surface area contributed by atoms with Gasteiger partial charge in [-0.05, 0) is 43.6 Å². The van der Waals surface area contributed by atoms with E-state index in [0.29, 0.717) is 0 Å². The minimum atomic E-state index is -3.50. The quantitative estimate of drug-likeness (QED) is 0.208. The molecule has 1 amide bonds. The molecule has 3 aromatic rings. The Labute approximate surface area is 242 Å². The second-order valence-electron chi connectivity index (χ2n) is 11.0. The zero-order valence-electron chi connectivity index (χ0n) is 24.3. The molecule has 0 radical (unpaired) electrons. The van der Waals surface area contributed by atoms with Crippen molar-refractivity contribution in [3.05, 3.63) is 96.6 Å². The van der Waals surface area contributed by atoms with Crippen LogP contribution in [0.25, 0.3) is 0 Å². The van der Waals surface area contributed by atoms with Crippen molar-refractivity contribution in [1.82, 2.24) is 4.90 Å². The predicted molar refractivity (Wildman–Crippen MR) is 157 cm³/mol. The Morgan fingerprint density at radius 2 is 1.34 bits per heavy atom. The van der Waals surface area contributed by atoms with Crippen molar-refractivity contribution in [2.75, 3.05) is 7.11 Å². The van der Waals surface area contributed by atoms with Gasteiger partial charge in [0.1, 0.15) is 6.04 Å². The Morgan fingerprint density at radius 3 is 1.78 bits per heavy atom. The maximum Gasteiger partial charge on any atom is 0.407 e. The number of rotatable bonds is 10. The Kier molecular flexibility index (Phi) is 9.11. The molecular weight excluding hydrogens is 538 g/mol. The number of β-lactam (4-membered cyclic amide) rings is 1. The molecule has 0 N–H and O–H groups in total. The lowest BCUT2D eigenvalue weighted by Gasteiger charge is -2.51. The van der Waals surface area contributed by atoms with Gasteiger partial charge in [0, 0.05) is 6.92 Å². The highest BCUT2D eigenvalue weighted by Crippen LogP contribution is 2.40. The van der Waals surface area contributed by atoms with E-state index >= 15 is 0 Å². The average Bonchev–Trinajstić information content (AvgIpc) is 2.96. The SMILES string of the molecule is COC(=O)[C@H]([C@@H](C)O[Si](OC(C)(C)C)(c1ccccc1)c1ccccc1)N1C(=O)[C@@H](OC(C)=O)[C@H]1c1ccccc1. The lowest BCUT2D eigenvalue weighted by Crippen LogP contribution is -2.71. The van der Waals surface area contributed by atoms with Crippen molar-refractivity contribution < 1.29 is 32.7 Å². The zero-order valence-corrected chi connectivity index (χ0v) is 25.3. The number of benzene rings is 3. The first-order chi connectivity index (χ1) is 19.5. The van der Waals surface area contributed by atoms with E-state index in [1.54, 1.807) is 6.92 Å². The Bertz CT molecular complexity index is 1310. The van der Waals surface area contributed by atoms with Gasteiger partial charge >= 0.3 is 20.5 Å². The van der Waals surface area contributed by atoms with E-state index < -0.39 is 56.3 Å². The summed E-state index contributed by atoms with van der Waals surface area (Å²) in [6.45, 7) is 8.88. The summed E-state index contributed by atoms with van der Waals surface area (Å²) in [5, 5.41) is 1.70. The summed E-state index contributed by atoms with van der Waals surface area (Å²) in [7, 11) is -2.22. The van der Waals surface area contributed by atoms with Gasteiger partial charge in [-0.2, -0.15) is 0 Å². The third kappa shape index (κ3) is 6.42. The van der Waals surface area contributed by atoms with E-state index in [0.717, 1.165) is 15.9 Å². The lowest BCUT2D eigenvalue weighted by atomic mass is 9.87. The summed E-state index contributed by atoms with van der Waals surface area (Å²) in [6.07, 6.45) is -1.93. The van der Waals surface area contributed by atoms with Gasteiger partial charge in [-0.25, -0.2) is 4.79 Å². The number of methoxy groups -OCH3 is 1. The maximum atomic E-state index is 13.5. The summed E-state index contributed by atoms with van der Waals surface area (Å²) in [5.74, 6) is -1.72. The van der Waals surface area contributed by atoms with E-state index in [-0.39, 0.29) is 0 Å². The largest absolute Gasteiger partial charge is 0.467 e. The molecule has 1 aliphatic rings. The number of hydrogen-bond donors (Lipinski definition) is 0. The molecule has 41 heavy (non-hydrogen) atoms. The number of nitrogens with zero attached hydrogens (tertiary/aromatic N) is 1. The highest BCUT2D eigenvalue weighted by molar-refractivity contribution is 6.92. The van der Waals surface area contributed by atoms with Gasteiger partial charge in [0.05, 0.1) is 18.8 Å². The molecule has 0 aliphatic carbocycles. The van der Waals surface area contributed by atoms with Gasteiger partial charge in [-0.3, -0.25) is 9.59 Å². The molecule has 4 atom stereocenters. The van der Waals surface area contributed by atoms with E-state index in [9.17, 15) is 14.4 Å². The normalized spacial score (nSPS) is 18.7. The number of carbonyl (C=O) groups excluding carboxylic acids is 3. The second-order valence-corrected chi connectivity index (χ2v) is 13.8. The van der Waals surface area contributed by atoms with Crippen molar-refractivity contribution in [3.63, 3.8) is 0 Å². The third-order valence-corrected chi connectivity index (χ3v) is 10.6. The van der Waals surface area contributed by atoms with Crippen molar-refractivity contribution in [1.29, 1.82) is 0 Å². The second kappa shape index (κ2) is 12.4. The standard InChI is InChI=1S/C32H37NO7Si/c1-22(39-41(40-32(3,4)5,25-18-12-8-13-19-25)26-20-14-9-15-21-26)27(31(36)37-6)33-28(24-16-10-7-11-17-24)29(30(33)35)38-23(2)34/h7-22,27-29H,1-6H3/t22-,27+,28-,29+/m1/s1. The van der Waals surface area contributed by atoms with Crippen molar-refractivity contribution in [2.45, 2.75) is 64.5 Å². The zero-order chi connectivity index (χ0) is 29.8. The summed E-state index contributed by atoms with van der Waals surface area (Å²) in [5.41, 5.74) is 0.109. The number of ether oxygens (including phenoxy) is 2. The molecule has 0 saturated carbocycles. The fraction of sp³-hybridized carbons (Fsp3) is 0.344.